The van der Waals surface area contributed by atoms with E-state index in [1.165, 1.54) is 45.1 Å². The van der Waals surface area contributed by atoms with Crippen molar-refractivity contribution in [3.05, 3.63) is 0 Å². The molecule has 0 rings (SSSR count). The van der Waals surface area contributed by atoms with E-state index in [0.29, 0.717) is 0 Å². The first-order valence-corrected chi connectivity index (χ1v) is 5.12. The van der Waals surface area contributed by atoms with Gasteiger partial charge in [-0.1, -0.05) is 46.0 Å². The molecule has 0 unspecified atom stereocenters. The predicted octanol–water partition coefficient (Wildman–Crippen LogP) is 2.96. The Balaban J connectivity index is 2.69. The van der Waals surface area contributed by atoms with Gasteiger partial charge in [0.1, 0.15) is 0 Å². The molecule has 0 radical (unpaired) electrons. The third-order valence-corrected chi connectivity index (χ3v) is 1.96. The highest BCUT2D eigenvalue weighted by atomic mass is 14.8. The highest BCUT2D eigenvalue weighted by molar-refractivity contribution is 4.46. The van der Waals surface area contributed by atoms with Crippen LogP contribution in [0.15, 0.2) is 0 Å². The zero-order chi connectivity index (χ0) is 8.36. The number of unbranched alkanes of at least 4 members (excludes halogenated alkanes) is 5. The van der Waals surface area contributed by atoms with Crippen LogP contribution in [0, 0.1) is 0 Å². The summed E-state index contributed by atoms with van der Waals surface area (Å²) in [5.74, 6) is 0. The Morgan fingerprint density at radius 3 is 2.09 bits per heavy atom. The summed E-state index contributed by atoms with van der Waals surface area (Å²) in [5.41, 5.74) is 0. The fraction of sp³-hybridized carbons (Fsp3) is 1.00. The Morgan fingerprint density at radius 2 is 1.45 bits per heavy atom. The van der Waals surface area contributed by atoms with E-state index in [2.05, 4.69) is 19.2 Å². The molecule has 0 atom stereocenters. The van der Waals surface area contributed by atoms with Crippen LogP contribution < -0.4 is 5.32 Å². The highest BCUT2D eigenvalue weighted by Crippen LogP contribution is 2.03. The molecule has 68 valence electrons. The third kappa shape index (κ3) is 9.96. The highest BCUT2D eigenvalue weighted by Gasteiger charge is 1.88. The largest absolute Gasteiger partial charge is 0.317 e. The molecule has 0 bridgehead atoms. The minimum atomic E-state index is 1.12. The number of nitrogens with one attached hydrogen (secondary N) is 1. The van der Waals surface area contributed by atoms with Crippen molar-refractivity contribution >= 4 is 0 Å². The van der Waals surface area contributed by atoms with Crippen molar-refractivity contribution in [1.29, 1.82) is 0 Å². The first-order valence-electron chi connectivity index (χ1n) is 5.12. The summed E-state index contributed by atoms with van der Waals surface area (Å²) in [6.45, 7) is 6.76. The molecule has 0 aromatic heterocycles. The Kier molecular flexibility index (Phi) is 9.92. The lowest BCUT2D eigenvalue weighted by molar-refractivity contribution is 0.580. The second-order valence-corrected chi connectivity index (χ2v) is 3.12. The molecule has 1 heteroatoms. The average Bonchev–Trinajstić information content (AvgIpc) is 2.03. The fourth-order valence-corrected chi connectivity index (χ4v) is 1.21. The number of hydrogen-bond acceptors (Lipinski definition) is 1. The third-order valence-electron chi connectivity index (χ3n) is 1.96. The van der Waals surface area contributed by atoms with Gasteiger partial charge in [0.25, 0.3) is 0 Å². The second kappa shape index (κ2) is 9.96. The van der Waals surface area contributed by atoms with E-state index in [1.54, 1.807) is 0 Å². The molecule has 0 aromatic carbocycles. The van der Waals surface area contributed by atoms with Gasteiger partial charge in [-0.25, -0.2) is 0 Å². The Bertz CT molecular complexity index is 53.9. The molecule has 0 amide bonds. The standard InChI is InChI=1S/C10H23N/c1-3-5-6-7-8-9-10-11-4-2/h11H,3-10H2,1-2H3. The van der Waals surface area contributed by atoms with Crippen LogP contribution in [0.3, 0.4) is 0 Å². The van der Waals surface area contributed by atoms with Crippen LogP contribution in [-0.2, 0) is 0 Å². The van der Waals surface area contributed by atoms with E-state index >= 15 is 0 Å². The van der Waals surface area contributed by atoms with Gasteiger partial charge in [-0.2, -0.15) is 0 Å². The monoisotopic (exact) mass is 157 g/mol. The number of hydrogen-bond donors (Lipinski definition) is 1. The van der Waals surface area contributed by atoms with Crippen LogP contribution >= 0.6 is 0 Å². The molecular weight excluding hydrogens is 134 g/mol. The molecule has 1 N–H and O–H groups in total. The van der Waals surface area contributed by atoms with Crippen molar-refractivity contribution in [3.8, 4) is 0 Å². The second-order valence-electron chi connectivity index (χ2n) is 3.12. The van der Waals surface area contributed by atoms with Gasteiger partial charge >= 0.3 is 0 Å². The van der Waals surface area contributed by atoms with E-state index in [0.717, 1.165) is 6.54 Å². The van der Waals surface area contributed by atoms with Gasteiger partial charge in [0.2, 0.25) is 0 Å². The van der Waals surface area contributed by atoms with Gasteiger partial charge < -0.3 is 5.32 Å². The summed E-state index contributed by atoms with van der Waals surface area (Å²) in [6, 6.07) is 0. The van der Waals surface area contributed by atoms with Crippen LogP contribution in [0.1, 0.15) is 52.4 Å². The molecular formula is C10H23N. The van der Waals surface area contributed by atoms with Crippen LogP contribution in [0.25, 0.3) is 0 Å². The van der Waals surface area contributed by atoms with Crippen molar-refractivity contribution in [2.75, 3.05) is 13.1 Å². The molecule has 0 aliphatic heterocycles. The van der Waals surface area contributed by atoms with Crippen LogP contribution in [-0.4, -0.2) is 13.1 Å². The zero-order valence-electron chi connectivity index (χ0n) is 8.16. The Labute approximate surface area is 71.6 Å². The van der Waals surface area contributed by atoms with E-state index < -0.39 is 0 Å². The van der Waals surface area contributed by atoms with Gasteiger partial charge in [0.15, 0.2) is 0 Å². The maximum Gasteiger partial charge on any atom is -0.00490 e. The molecule has 0 saturated carbocycles. The summed E-state index contributed by atoms with van der Waals surface area (Å²) in [5, 5.41) is 3.34. The summed E-state index contributed by atoms with van der Waals surface area (Å²) in [6.07, 6.45) is 8.40. The maximum absolute atomic E-state index is 3.34. The molecule has 0 aliphatic rings. The van der Waals surface area contributed by atoms with E-state index in [1.807, 2.05) is 0 Å². The molecule has 0 spiro atoms. The van der Waals surface area contributed by atoms with Crippen molar-refractivity contribution < 1.29 is 0 Å². The first kappa shape index (κ1) is 11.0. The topological polar surface area (TPSA) is 12.0 Å². The normalized spacial score (nSPS) is 10.4. The SMILES string of the molecule is CCCCCCCCNCC. The van der Waals surface area contributed by atoms with Gasteiger partial charge in [-0.05, 0) is 19.5 Å². The summed E-state index contributed by atoms with van der Waals surface area (Å²) in [4.78, 5) is 0. The molecule has 0 aliphatic carbocycles. The van der Waals surface area contributed by atoms with E-state index in [4.69, 9.17) is 0 Å². The Hall–Kier alpha value is -0.0400. The van der Waals surface area contributed by atoms with Crippen molar-refractivity contribution in [3.63, 3.8) is 0 Å². The molecule has 0 saturated heterocycles. The molecule has 11 heavy (non-hydrogen) atoms. The molecule has 0 fully saturated rings. The maximum atomic E-state index is 3.34. The summed E-state index contributed by atoms with van der Waals surface area (Å²) in [7, 11) is 0. The van der Waals surface area contributed by atoms with Gasteiger partial charge in [0.05, 0.1) is 0 Å². The minimum absolute atomic E-state index is 1.12. The van der Waals surface area contributed by atoms with Crippen molar-refractivity contribution in [2.45, 2.75) is 52.4 Å². The van der Waals surface area contributed by atoms with Gasteiger partial charge in [-0.15, -0.1) is 0 Å². The average molecular weight is 157 g/mol. The molecule has 0 heterocycles. The number of rotatable bonds is 8. The van der Waals surface area contributed by atoms with Crippen LogP contribution in [0.2, 0.25) is 0 Å². The lowest BCUT2D eigenvalue weighted by Gasteiger charge is -2.00. The van der Waals surface area contributed by atoms with Crippen molar-refractivity contribution in [1.82, 2.24) is 5.32 Å². The van der Waals surface area contributed by atoms with Crippen molar-refractivity contribution in [2.24, 2.45) is 0 Å². The smallest absolute Gasteiger partial charge is 0.00490 e. The zero-order valence-corrected chi connectivity index (χ0v) is 8.16. The molecule has 1 nitrogen and oxygen atoms in total. The Morgan fingerprint density at radius 1 is 0.818 bits per heavy atom. The lowest BCUT2D eigenvalue weighted by atomic mass is 10.1. The van der Waals surface area contributed by atoms with Gasteiger partial charge in [-0.3, -0.25) is 0 Å². The van der Waals surface area contributed by atoms with Gasteiger partial charge in [0, 0.05) is 0 Å². The summed E-state index contributed by atoms with van der Waals surface area (Å²) >= 11 is 0. The quantitative estimate of drug-likeness (QED) is 0.534. The summed E-state index contributed by atoms with van der Waals surface area (Å²) < 4.78 is 0. The van der Waals surface area contributed by atoms with Crippen LogP contribution in [0.5, 0.6) is 0 Å². The lowest BCUT2D eigenvalue weighted by Crippen LogP contribution is -2.13. The minimum Gasteiger partial charge on any atom is -0.317 e. The van der Waals surface area contributed by atoms with E-state index in [9.17, 15) is 0 Å². The molecule has 0 aromatic rings. The predicted molar refractivity (Wildman–Crippen MR) is 51.9 cm³/mol. The van der Waals surface area contributed by atoms with Crippen LogP contribution in [0.4, 0.5) is 0 Å². The van der Waals surface area contributed by atoms with E-state index in [-0.39, 0.29) is 0 Å². The fourth-order valence-electron chi connectivity index (χ4n) is 1.21. The first-order chi connectivity index (χ1) is 5.41.